The van der Waals surface area contributed by atoms with Gasteiger partial charge in [0.1, 0.15) is 24.2 Å². The first-order chi connectivity index (χ1) is 10.6. The maximum Gasteiger partial charge on any atom is 0.307 e. The van der Waals surface area contributed by atoms with Crippen LogP contribution in [-0.2, 0) is 4.79 Å². The molecule has 0 saturated carbocycles. The Bertz CT molecular complexity index is 727. The molecule has 1 amide bonds. The van der Waals surface area contributed by atoms with Crippen molar-refractivity contribution >= 4 is 17.3 Å². The summed E-state index contributed by atoms with van der Waals surface area (Å²) < 4.78 is 6.63. The zero-order valence-electron chi connectivity index (χ0n) is 11.9. The number of para-hydroxylation sites is 2. The molecule has 0 spiro atoms. The van der Waals surface area contributed by atoms with E-state index < -0.39 is 11.0 Å². The average molecular weight is 302 g/mol. The Morgan fingerprint density at radius 1 is 1.41 bits per heavy atom. The van der Waals surface area contributed by atoms with Crippen molar-refractivity contribution in [3.63, 3.8) is 0 Å². The van der Waals surface area contributed by atoms with E-state index in [1.807, 2.05) is 18.2 Å². The number of hydrogen-bond donors (Lipinski definition) is 0. The zero-order chi connectivity index (χ0) is 15.7. The van der Waals surface area contributed by atoms with Crippen LogP contribution in [0.15, 0.2) is 36.7 Å². The topological polar surface area (TPSA) is 90.5 Å². The standard InChI is InChI=1S/C14H14N4O4/c1-22-13-5-3-2-4-11(13)16-7-6-12(14(16)19)17-9-10(8-15-17)18(20)21/h2-5,8-9,12H,6-7H2,1H3. The largest absolute Gasteiger partial charge is 0.495 e. The summed E-state index contributed by atoms with van der Waals surface area (Å²) in [6.45, 7) is 0.511. The van der Waals surface area contributed by atoms with E-state index in [0.717, 1.165) is 6.20 Å². The Hall–Kier alpha value is -2.90. The number of amides is 1. The van der Waals surface area contributed by atoms with Gasteiger partial charge in [-0.15, -0.1) is 0 Å². The normalized spacial score (nSPS) is 17.8. The van der Waals surface area contributed by atoms with Gasteiger partial charge in [-0.2, -0.15) is 5.10 Å². The Morgan fingerprint density at radius 3 is 2.86 bits per heavy atom. The third kappa shape index (κ3) is 2.28. The van der Waals surface area contributed by atoms with Gasteiger partial charge in [0.05, 0.1) is 17.7 Å². The van der Waals surface area contributed by atoms with E-state index in [0.29, 0.717) is 24.4 Å². The third-order valence-corrected chi connectivity index (χ3v) is 3.67. The molecule has 1 atom stereocenters. The first-order valence-electron chi connectivity index (χ1n) is 6.74. The van der Waals surface area contributed by atoms with E-state index in [4.69, 9.17) is 4.74 Å². The summed E-state index contributed by atoms with van der Waals surface area (Å²) in [6, 6.07) is 6.73. The van der Waals surface area contributed by atoms with E-state index in [-0.39, 0.29) is 11.6 Å². The highest BCUT2D eigenvalue weighted by Crippen LogP contribution is 2.34. The molecule has 1 saturated heterocycles. The van der Waals surface area contributed by atoms with Crippen LogP contribution in [-0.4, -0.2) is 34.3 Å². The molecule has 2 heterocycles. The molecule has 0 radical (unpaired) electrons. The zero-order valence-corrected chi connectivity index (χ0v) is 11.9. The number of benzene rings is 1. The molecule has 22 heavy (non-hydrogen) atoms. The highest BCUT2D eigenvalue weighted by Gasteiger charge is 2.36. The maximum absolute atomic E-state index is 12.6. The molecule has 1 aromatic heterocycles. The van der Waals surface area contributed by atoms with Gasteiger partial charge in [0, 0.05) is 6.54 Å². The molecule has 8 heteroatoms. The monoisotopic (exact) mass is 302 g/mol. The minimum absolute atomic E-state index is 0.122. The molecule has 3 rings (SSSR count). The van der Waals surface area contributed by atoms with Gasteiger partial charge in [-0.1, -0.05) is 12.1 Å². The molecule has 1 aliphatic heterocycles. The molecule has 0 bridgehead atoms. The molecule has 2 aromatic rings. The second kappa shape index (κ2) is 5.47. The molecular formula is C14H14N4O4. The first-order valence-corrected chi connectivity index (χ1v) is 6.74. The summed E-state index contributed by atoms with van der Waals surface area (Å²) in [7, 11) is 1.55. The van der Waals surface area contributed by atoms with Gasteiger partial charge >= 0.3 is 5.69 Å². The second-order valence-electron chi connectivity index (χ2n) is 4.90. The van der Waals surface area contributed by atoms with E-state index in [1.165, 1.54) is 10.9 Å². The van der Waals surface area contributed by atoms with Crippen LogP contribution in [0.4, 0.5) is 11.4 Å². The predicted octanol–water partition coefficient (Wildman–Crippen LogP) is 1.78. The number of hydrogen-bond acceptors (Lipinski definition) is 5. The third-order valence-electron chi connectivity index (χ3n) is 3.67. The van der Waals surface area contributed by atoms with Crippen molar-refractivity contribution in [2.45, 2.75) is 12.5 Å². The van der Waals surface area contributed by atoms with Gasteiger partial charge in [0.25, 0.3) is 5.91 Å². The molecule has 114 valence electrons. The second-order valence-corrected chi connectivity index (χ2v) is 4.90. The number of nitrogens with zero attached hydrogens (tertiary/aromatic N) is 4. The van der Waals surface area contributed by atoms with Gasteiger partial charge in [-0.05, 0) is 18.6 Å². The number of anilines is 1. The highest BCUT2D eigenvalue weighted by molar-refractivity contribution is 5.99. The number of aromatic nitrogens is 2. The number of ether oxygens (including phenoxy) is 1. The van der Waals surface area contributed by atoms with Crippen LogP contribution in [0.5, 0.6) is 5.75 Å². The van der Waals surface area contributed by atoms with Crippen molar-refractivity contribution in [1.82, 2.24) is 9.78 Å². The number of methoxy groups -OCH3 is 1. The van der Waals surface area contributed by atoms with Gasteiger partial charge in [-0.25, -0.2) is 0 Å². The lowest BCUT2D eigenvalue weighted by molar-refractivity contribution is -0.385. The summed E-state index contributed by atoms with van der Waals surface area (Å²) in [5.74, 6) is 0.463. The van der Waals surface area contributed by atoms with Crippen molar-refractivity contribution in [3.8, 4) is 5.75 Å². The fourth-order valence-corrected chi connectivity index (χ4v) is 2.60. The predicted molar refractivity (Wildman–Crippen MR) is 77.9 cm³/mol. The van der Waals surface area contributed by atoms with Crippen molar-refractivity contribution in [3.05, 3.63) is 46.8 Å². The van der Waals surface area contributed by atoms with Crippen molar-refractivity contribution in [2.75, 3.05) is 18.6 Å². The van der Waals surface area contributed by atoms with Crippen LogP contribution < -0.4 is 9.64 Å². The van der Waals surface area contributed by atoms with Gasteiger partial charge < -0.3 is 9.64 Å². The van der Waals surface area contributed by atoms with Crippen LogP contribution in [0.1, 0.15) is 12.5 Å². The lowest BCUT2D eigenvalue weighted by atomic mass is 10.2. The van der Waals surface area contributed by atoms with E-state index in [9.17, 15) is 14.9 Å². The fourth-order valence-electron chi connectivity index (χ4n) is 2.60. The molecule has 0 N–H and O–H groups in total. The fraction of sp³-hybridized carbons (Fsp3) is 0.286. The lowest BCUT2D eigenvalue weighted by Gasteiger charge is -2.19. The number of carbonyl (C=O) groups excluding carboxylic acids is 1. The number of carbonyl (C=O) groups is 1. The molecule has 1 fully saturated rings. The first kappa shape index (κ1) is 14.1. The summed E-state index contributed by atoms with van der Waals surface area (Å²) >= 11 is 0. The smallest absolute Gasteiger partial charge is 0.307 e. The van der Waals surface area contributed by atoms with Crippen molar-refractivity contribution in [1.29, 1.82) is 0 Å². The van der Waals surface area contributed by atoms with E-state index >= 15 is 0 Å². The quantitative estimate of drug-likeness (QED) is 0.634. The van der Waals surface area contributed by atoms with Gasteiger partial charge in [0.15, 0.2) is 0 Å². The molecular weight excluding hydrogens is 288 g/mol. The van der Waals surface area contributed by atoms with Crippen LogP contribution in [0, 0.1) is 10.1 Å². The molecule has 1 aliphatic rings. The molecule has 8 nitrogen and oxygen atoms in total. The summed E-state index contributed by atoms with van der Waals surface area (Å²) in [5, 5.41) is 14.7. The highest BCUT2D eigenvalue weighted by atomic mass is 16.6. The van der Waals surface area contributed by atoms with Crippen LogP contribution in [0.25, 0.3) is 0 Å². The summed E-state index contributed by atoms with van der Waals surface area (Å²) in [4.78, 5) is 24.4. The maximum atomic E-state index is 12.6. The Balaban J connectivity index is 1.87. The lowest BCUT2D eigenvalue weighted by Crippen LogP contribution is -2.28. The summed E-state index contributed by atoms with van der Waals surface area (Å²) in [6.07, 6.45) is 2.98. The SMILES string of the molecule is COc1ccccc1N1CCC(n2cc([N+](=O)[O-])cn2)C1=O. The van der Waals surface area contributed by atoms with Crippen molar-refractivity contribution in [2.24, 2.45) is 0 Å². The minimum Gasteiger partial charge on any atom is -0.495 e. The Labute approximate surface area is 126 Å². The minimum atomic E-state index is -0.529. The van der Waals surface area contributed by atoms with E-state index in [1.54, 1.807) is 18.1 Å². The van der Waals surface area contributed by atoms with Gasteiger partial charge in [-0.3, -0.25) is 19.6 Å². The van der Waals surface area contributed by atoms with Crippen LogP contribution >= 0.6 is 0 Å². The summed E-state index contributed by atoms with van der Waals surface area (Å²) in [5.41, 5.74) is 0.572. The van der Waals surface area contributed by atoms with Crippen LogP contribution in [0.3, 0.4) is 0 Å². The van der Waals surface area contributed by atoms with Crippen molar-refractivity contribution < 1.29 is 14.5 Å². The van der Waals surface area contributed by atoms with Crippen LogP contribution in [0.2, 0.25) is 0 Å². The molecule has 1 unspecified atom stereocenters. The Kier molecular flexibility index (Phi) is 3.50. The molecule has 0 aliphatic carbocycles. The number of nitro groups is 1. The van der Waals surface area contributed by atoms with E-state index in [2.05, 4.69) is 5.10 Å². The molecule has 1 aromatic carbocycles. The average Bonchev–Trinajstić information content (AvgIpc) is 3.14. The Morgan fingerprint density at radius 2 is 2.18 bits per heavy atom. The number of rotatable bonds is 4. The van der Waals surface area contributed by atoms with Gasteiger partial charge in [0.2, 0.25) is 0 Å².